The van der Waals surface area contributed by atoms with E-state index in [4.69, 9.17) is 14.2 Å². The average molecular weight is 409 g/mol. The highest BCUT2D eigenvalue weighted by atomic mass is 16.5. The van der Waals surface area contributed by atoms with Crippen LogP contribution in [0.3, 0.4) is 0 Å². The maximum absolute atomic E-state index is 12.2. The third kappa shape index (κ3) is 6.11. The zero-order valence-electron chi connectivity index (χ0n) is 17.4. The van der Waals surface area contributed by atoms with E-state index < -0.39 is 5.97 Å². The lowest BCUT2D eigenvalue weighted by Crippen LogP contribution is -2.32. The normalized spacial score (nSPS) is 14.1. The number of hydrogen-bond acceptors (Lipinski definition) is 5. The van der Waals surface area contributed by atoms with Gasteiger partial charge in [-0.2, -0.15) is 0 Å². The molecule has 6 nitrogen and oxygen atoms in total. The van der Waals surface area contributed by atoms with E-state index >= 15 is 0 Å². The Morgan fingerprint density at radius 1 is 1.10 bits per heavy atom. The molecule has 1 atom stereocenters. The third-order valence-corrected chi connectivity index (χ3v) is 4.75. The minimum Gasteiger partial charge on any atom is -0.490 e. The summed E-state index contributed by atoms with van der Waals surface area (Å²) >= 11 is 0. The van der Waals surface area contributed by atoms with Crippen molar-refractivity contribution in [3.8, 4) is 11.5 Å². The predicted molar refractivity (Wildman–Crippen MR) is 114 cm³/mol. The standard InChI is InChI=1S/C24H27NO5/c1-3-20(19-9-5-17(2)6-10-19)25-23(26)16-30-24(27)12-8-18-7-11-21-22(15-18)29-14-4-13-28-21/h5-12,15,20H,3-4,13-14,16H2,1-2H3,(H,25,26)/b12-8+/t20-/m1/s1. The quantitative estimate of drug-likeness (QED) is 0.553. The summed E-state index contributed by atoms with van der Waals surface area (Å²) in [6.07, 6.45) is 4.49. The molecule has 0 unspecified atom stereocenters. The third-order valence-electron chi connectivity index (χ3n) is 4.75. The van der Waals surface area contributed by atoms with Crippen LogP contribution in [-0.2, 0) is 14.3 Å². The molecule has 1 heterocycles. The van der Waals surface area contributed by atoms with Crippen LogP contribution in [0.2, 0.25) is 0 Å². The number of fused-ring (bicyclic) bond motifs is 1. The maximum Gasteiger partial charge on any atom is 0.331 e. The Labute approximate surface area is 176 Å². The van der Waals surface area contributed by atoms with Gasteiger partial charge in [0.1, 0.15) is 0 Å². The highest BCUT2D eigenvalue weighted by Crippen LogP contribution is 2.30. The number of esters is 1. The van der Waals surface area contributed by atoms with E-state index in [9.17, 15) is 9.59 Å². The van der Waals surface area contributed by atoms with Crippen molar-refractivity contribution in [2.75, 3.05) is 19.8 Å². The van der Waals surface area contributed by atoms with Gasteiger partial charge in [0.25, 0.3) is 5.91 Å². The van der Waals surface area contributed by atoms with Crippen LogP contribution in [0.25, 0.3) is 6.08 Å². The highest BCUT2D eigenvalue weighted by Gasteiger charge is 2.14. The summed E-state index contributed by atoms with van der Waals surface area (Å²) in [5, 5.41) is 2.90. The molecule has 0 bridgehead atoms. The molecule has 0 aromatic heterocycles. The predicted octanol–water partition coefficient (Wildman–Crippen LogP) is 3.98. The Morgan fingerprint density at radius 2 is 1.83 bits per heavy atom. The van der Waals surface area contributed by atoms with Crippen LogP contribution < -0.4 is 14.8 Å². The lowest BCUT2D eigenvalue weighted by Gasteiger charge is -2.17. The first kappa shape index (κ1) is 21.4. The minimum atomic E-state index is -0.583. The smallest absolute Gasteiger partial charge is 0.331 e. The molecule has 158 valence electrons. The Bertz CT molecular complexity index is 904. The van der Waals surface area contributed by atoms with Crippen molar-refractivity contribution < 1.29 is 23.8 Å². The van der Waals surface area contributed by atoms with E-state index in [-0.39, 0.29) is 18.6 Å². The van der Waals surface area contributed by atoms with E-state index in [1.807, 2.05) is 56.3 Å². The molecule has 1 aliphatic heterocycles. The summed E-state index contributed by atoms with van der Waals surface area (Å²) in [5.74, 6) is 0.437. The van der Waals surface area contributed by atoms with Gasteiger partial charge in [-0.15, -0.1) is 0 Å². The van der Waals surface area contributed by atoms with Gasteiger partial charge in [0.05, 0.1) is 19.3 Å². The molecule has 0 fully saturated rings. The van der Waals surface area contributed by atoms with E-state index in [1.165, 1.54) is 6.08 Å². The summed E-state index contributed by atoms with van der Waals surface area (Å²) in [6, 6.07) is 13.3. The average Bonchev–Trinajstić information content (AvgIpc) is 3.00. The molecule has 30 heavy (non-hydrogen) atoms. The zero-order valence-corrected chi connectivity index (χ0v) is 17.4. The largest absolute Gasteiger partial charge is 0.490 e. The SMILES string of the molecule is CC[C@@H](NC(=O)COC(=O)/C=C/c1ccc2c(c1)OCCCO2)c1ccc(C)cc1. The van der Waals surface area contributed by atoms with Crippen LogP contribution in [0, 0.1) is 6.92 Å². The number of carbonyl (C=O) groups excluding carboxylic acids is 2. The molecule has 2 aromatic carbocycles. The second kappa shape index (κ2) is 10.5. The number of ether oxygens (including phenoxy) is 3. The topological polar surface area (TPSA) is 73.9 Å². The fourth-order valence-corrected chi connectivity index (χ4v) is 3.09. The van der Waals surface area contributed by atoms with Crippen LogP contribution in [0.15, 0.2) is 48.5 Å². The Balaban J connectivity index is 1.49. The van der Waals surface area contributed by atoms with E-state index in [1.54, 1.807) is 6.08 Å². The molecule has 3 rings (SSSR count). The molecule has 0 saturated carbocycles. The summed E-state index contributed by atoms with van der Waals surface area (Å²) in [6.45, 7) is 4.90. The minimum absolute atomic E-state index is 0.117. The van der Waals surface area contributed by atoms with E-state index in [0.717, 1.165) is 29.5 Å². The number of benzene rings is 2. The van der Waals surface area contributed by atoms with Gasteiger partial charge in [-0.1, -0.05) is 42.8 Å². The van der Waals surface area contributed by atoms with Gasteiger partial charge in [-0.25, -0.2) is 4.79 Å². The Morgan fingerprint density at radius 3 is 2.57 bits per heavy atom. The van der Waals surface area contributed by atoms with Gasteiger partial charge in [-0.05, 0) is 42.7 Å². The molecule has 1 aliphatic rings. The number of carbonyl (C=O) groups is 2. The molecular weight excluding hydrogens is 382 g/mol. The first-order valence-electron chi connectivity index (χ1n) is 10.2. The second-order valence-electron chi connectivity index (χ2n) is 7.14. The second-order valence-corrected chi connectivity index (χ2v) is 7.14. The summed E-state index contributed by atoms with van der Waals surface area (Å²) in [7, 11) is 0. The number of nitrogens with one attached hydrogen (secondary N) is 1. The van der Waals surface area contributed by atoms with Crippen LogP contribution in [0.5, 0.6) is 11.5 Å². The highest BCUT2D eigenvalue weighted by molar-refractivity contribution is 5.89. The fraction of sp³-hybridized carbons (Fsp3) is 0.333. The van der Waals surface area contributed by atoms with Crippen molar-refractivity contribution in [3.05, 3.63) is 65.2 Å². The molecule has 1 N–H and O–H groups in total. The summed E-state index contributed by atoms with van der Waals surface area (Å²) < 4.78 is 16.3. The van der Waals surface area contributed by atoms with Crippen LogP contribution in [0.4, 0.5) is 0 Å². The van der Waals surface area contributed by atoms with Crippen molar-refractivity contribution >= 4 is 18.0 Å². The number of hydrogen-bond donors (Lipinski definition) is 1. The first-order valence-corrected chi connectivity index (χ1v) is 10.2. The fourth-order valence-electron chi connectivity index (χ4n) is 3.09. The lowest BCUT2D eigenvalue weighted by atomic mass is 10.0. The van der Waals surface area contributed by atoms with Gasteiger partial charge in [0, 0.05) is 12.5 Å². The van der Waals surface area contributed by atoms with Crippen molar-refractivity contribution in [1.82, 2.24) is 5.32 Å². The molecule has 1 amide bonds. The van der Waals surface area contributed by atoms with E-state index in [2.05, 4.69) is 5.32 Å². The van der Waals surface area contributed by atoms with Crippen molar-refractivity contribution in [2.24, 2.45) is 0 Å². The molecule has 2 aromatic rings. The van der Waals surface area contributed by atoms with Gasteiger partial charge >= 0.3 is 5.97 Å². The van der Waals surface area contributed by atoms with Crippen LogP contribution in [-0.4, -0.2) is 31.7 Å². The van der Waals surface area contributed by atoms with Crippen molar-refractivity contribution in [3.63, 3.8) is 0 Å². The van der Waals surface area contributed by atoms with Gasteiger partial charge in [0.2, 0.25) is 0 Å². The summed E-state index contributed by atoms with van der Waals surface area (Å²) in [4.78, 5) is 24.2. The first-order chi connectivity index (χ1) is 14.5. The van der Waals surface area contributed by atoms with Gasteiger partial charge < -0.3 is 19.5 Å². The van der Waals surface area contributed by atoms with Crippen LogP contribution >= 0.6 is 0 Å². The zero-order chi connectivity index (χ0) is 21.3. The van der Waals surface area contributed by atoms with Gasteiger partial charge in [0.15, 0.2) is 18.1 Å². The van der Waals surface area contributed by atoms with E-state index in [0.29, 0.717) is 24.7 Å². The Kier molecular flexibility index (Phi) is 7.49. The number of amides is 1. The summed E-state index contributed by atoms with van der Waals surface area (Å²) in [5.41, 5.74) is 2.97. The molecular formula is C24H27NO5. The molecule has 0 saturated heterocycles. The van der Waals surface area contributed by atoms with Crippen LogP contribution in [0.1, 0.15) is 42.5 Å². The molecule has 0 spiro atoms. The number of aryl methyl sites for hydroxylation is 1. The van der Waals surface area contributed by atoms with Gasteiger partial charge in [-0.3, -0.25) is 4.79 Å². The lowest BCUT2D eigenvalue weighted by molar-refractivity contribution is -0.144. The van der Waals surface area contributed by atoms with Crippen molar-refractivity contribution in [1.29, 1.82) is 0 Å². The number of rotatable bonds is 7. The molecule has 0 radical (unpaired) electrons. The molecule has 0 aliphatic carbocycles. The monoisotopic (exact) mass is 409 g/mol. The van der Waals surface area contributed by atoms with Crippen molar-refractivity contribution in [2.45, 2.75) is 32.7 Å². The Hall–Kier alpha value is -3.28. The molecule has 6 heteroatoms. The maximum atomic E-state index is 12.2.